The summed E-state index contributed by atoms with van der Waals surface area (Å²) in [6.45, 7) is 3.06. The Hall–Kier alpha value is -6.34. The van der Waals surface area contributed by atoms with E-state index in [1.165, 1.54) is 5.39 Å². The van der Waals surface area contributed by atoms with E-state index in [0.29, 0.717) is 24.0 Å². The zero-order chi connectivity index (χ0) is 39.1. The van der Waals surface area contributed by atoms with Gasteiger partial charge in [-0.25, -0.2) is 9.59 Å². The summed E-state index contributed by atoms with van der Waals surface area (Å²) in [5.74, 6) is -0.623. The SMILES string of the molecule is O=C(OC1(c2cccc(-c3cccc4cc5c(C(=O)OC6(c7ccccc7)CCNCC6)cccc5cc34)c2)CCNCC1)c1ccc2cc3ccccc3cc2c1. The lowest BCUT2D eigenvalue weighted by Gasteiger charge is -2.38. The second kappa shape index (κ2) is 14.9. The maximum Gasteiger partial charge on any atom is 0.339 e. The molecular formula is C52H44N2O4. The van der Waals surface area contributed by atoms with Crippen molar-refractivity contribution in [1.29, 1.82) is 0 Å². The average Bonchev–Trinajstić information content (AvgIpc) is 3.28. The molecule has 8 aromatic rings. The monoisotopic (exact) mass is 760 g/mol. The van der Waals surface area contributed by atoms with Crippen molar-refractivity contribution in [3.05, 3.63) is 180 Å². The maximum atomic E-state index is 14.1. The van der Waals surface area contributed by atoms with Crippen molar-refractivity contribution < 1.29 is 19.1 Å². The van der Waals surface area contributed by atoms with Gasteiger partial charge in [-0.1, -0.05) is 109 Å². The second-order valence-corrected chi connectivity index (χ2v) is 15.9. The Labute approximate surface area is 337 Å². The average molecular weight is 761 g/mol. The van der Waals surface area contributed by atoms with Crippen molar-refractivity contribution in [2.45, 2.75) is 36.9 Å². The van der Waals surface area contributed by atoms with E-state index in [-0.39, 0.29) is 11.9 Å². The van der Waals surface area contributed by atoms with E-state index >= 15 is 0 Å². The predicted octanol–water partition coefficient (Wildman–Crippen LogP) is 10.8. The number of hydrogen-bond acceptors (Lipinski definition) is 6. The molecule has 6 heteroatoms. The highest BCUT2D eigenvalue weighted by Gasteiger charge is 2.40. The molecule has 286 valence electrons. The van der Waals surface area contributed by atoms with E-state index in [2.05, 4.69) is 108 Å². The van der Waals surface area contributed by atoms with Gasteiger partial charge in [0, 0.05) is 25.7 Å². The van der Waals surface area contributed by atoms with Crippen LogP contribution in [0.3, 0.4) is 0 Å². The molecule has 0 unspecified atom stereocenters. The lowest BCUT2D eigenvalue weighted by atomic mass is 9.83. The molecule has 8 aromatic carbocycles. The van der Waals surface area contributed by atoms with Gasteiger partial charge in [-0.15, -0.1) is 0 Å². The summed E-state index contributed by atoms with van der Waals surface area (Å²) in [5.41, 5.74) is 3.79. The normalized spacial score (nSPS) is 16.3. The van der Waals surface area contributed by atoms with Crippen LogP contribution in [-0.4, -0.2) is 38.1 Å². The largest absolute Gasteiger partial charge is 0.450 e. The van der Waals surface area contributed by atoms with Crippen LogP contribution in [-0.2, 0) is 20.7 Å². The molecule has 0 spiro atoms. The number of fused-ring (bicyclic) bond motifs is 4. The number of rotatable bonds is 7. The molecule has 0 aliphatic carbocycles. The topological polar surface area (TPSA) is 76.7 Å². The summed E-state index contributed by atoms with van der Waals surface area (Å²) in [5, 5.41) is 15.3. The van der Waals surface area contributed by atoms with Crippen LogP contribution in [0.5, 0.6) is 0 Å². The van der Waals surface area contributed by atoms with Crippen LogP contribution in [0.2, 0.25) is 0 Å². The van der Waals surface area contributed by atoms with Crippen molar-refractivity contribution >= 4 is 55.0 Å². The van der Waals surface area contributed by atoms with Crippen LogP contribution in [0.4, 0.5) is 0 Å². The first kappa shape index (κ1) is 36.0. The molecule has 10 rings (SSSR count). The van der Waals surface area contributed by atoms with Crippen molar-refractivity contribution in [3.8, 4) is 11.1 Å². The van der Waals surface area contributed by atoms with E-state index in [1.54, 1.807) is 0 Å². The quantitative estimate of drug-likeness (QED) is 0.124. The number of carbonyl (C=O) groups excluding carboxylic acids is 2. The minimum absolute atomic E-state index is 0.307. The van der Waals surface area contributed by atoms with Crippen molar-refractivity contribution in [1.82, 2.24) is 10.6 Å². The second-order valence-electron chi connectivity index (χ2n) is 15.9. The smallest absolute Gasteiger partial charge is 0.339 e. The lowest BCUT2D eigenvalue weighted by molar-refractivity contribution is -0.0385. The first-order valence-corrected chi connectivity index (χ1v) is 20.4. The Morgan fingerprint density at radius 1 is 0.431 bits per heavy atom. The Balaban J connectivity index is 0.979. The van der Waals surface area contributed by atoms with E-state index in [9.17, 15) is 9.59 Å². The molecule has 58 heavy (non-hydrogen) atoms. The molecule has 2 fully saturated rings. The third-order valence-corrected chi connectivity index (χ3v) is 12.4. The van der Waals surface area contributed by atoms with Crippen molar-refractivity contribution in [2.24, 2.45) is 0 Å². The molecular weight excluding hydrogens is 717 g/mol. The summed E-state index contributed by atoms with van der Waals surface area (Å²) in [6, 6.07) is 53.6. The minimum Gasteiger partial charge on any atom is -0.450 e. The summed E-state index contributed by atoms with van der Waals surface area (Å²) in [7, 11) is 0. The fraction of sp³-hybridized carbons (Fsp3) is 0.192. The van der Waals surface area contributed by atoms with Gasteiger partial charge in [0.05, 0.1) is 11.1 Å². The molecule has 6 nitrogen and oxygen atoms in total. The minimum atomic E-state index is -0.783. The van der Waals surface area contributed by atoms with Gasteiger partial charge in [0.25, 0.3) is 0 Å². The van der Waals surface area contributed by atoms with Gasteiger partial charge < -0.3 is 20.1 Å². The molecule has 0 amide bonds. The van der Waals surface area contributed by atoms with Gasteiger partial charge in [0.15, 0.2) is 0 Å². The number of esters is 2. The van der Waals surface area contributed by atoms with Crippen LogP contribution < -0.4 is 10.6 Å². The third-order valence-electron chi connectivity index (χ3n) is 12.4. The fourth-order valence-electron chi connectivity index (χ4n) is 9.29. The number of benzene rings is 8. The maximum absolute atomic E-state index is 14.1. The van der Waals surface area contributed by atoms with Crippen LogP contribution in [0.15, 0.2) is 158 Å². The molecule has 2 N–H and O–H groups in total. The van der Waals surface area contributed by atoms with Gasteiger partial charge >= 0.3 is 11.9 Å². The molecule has 2 saturated heterocycles. The van der Waals surface area contributed by atoms with Gasteiger partial charge in [0.1, 0.15) is 11.2 Å². The first-order chi connectivity index (χ1) is 28.5. The van der Waals surface area contributed by atoms with E-state index in [0.717, 1.165) is 99.0 Å². The number of piperidine rings is 2. The number of hydrogen-bond donors (Lipinski definition) is 2. The van der Waals surface area contributed by atoms with E-state index in [4.69, 9.17) is 9.47 Å². The number of carbonyl (C=O) groups is 2. The number of nitrogens with one attached hydrogen (secondary N) is 2. The van der Waals surface area contributed by atoms with E-state index < -0.39 is 11.2 Å². The highest BCUT2D eigenvalue weighted by Crippen LogP contribution is 2.41. The van der Waals surface area contributed by atoms with Gasteiger partial charge in [-0.3, -0.25) is 0 Å². The Bertz CT molecular complexity index is 2850. The molecule has 2 aliphatic heterocycles. The molecule has 0 aromatic heterocycles. The zero-order valence-electron chi connectivity index (χ0n) is 32.3. The lowest BCUT2D eigenvalue weighted by Crippen LogP contribution is -2.43. The highest BCUT2D eigenvalue weighted by molar-refractivity contribution is 6.11. The van der Waals surface area contributed by atoms with Gasteiger partial charge in [-0.2, -0.15) is 0 Å². The summed E-state index contributed by atoms with van der Waals surface area (Å²) < 4.78 is 13.1. The Morgan fingerprint density at radius 3 is 1.72 bits per heavy atom. The molecule has 0 atom stereocenters. The fourth-order valence-corrected chi connectivity index (χ4v) is 9.29. The van der Waals surface area contributed by atoms with Gasteiger partial charge in [-0.05, 0) is 140 Å². The first-order valence-electron chi connectivity index (χ1n) is 20.4. The van der Waals surface area contributed by atoms with Gasteiger partial charge in [0.2, 0.25) is 0 Å². The van der Waals surface area contributed by atoms with Crippen molar-refractivity contribution in [3.63, 3.8) is 0 Å². The third kappa shape index (κ3) is 6.58. The molecule has 2 heterocycles. The van der Waals surface area contributed by atoms with Crippen LogP contribution >= 0.6 is 0 Å². The summed E-state index contributed by atoms with van der Waals surface area (Å²) in [4.78, 5) is 28.2. The predicted molar refractivity (Wildman–Crippen MR) is 233 cm³/mol. The molecule has 0 bridgehead atoms. The van der Waals surface area contributed by atoms with Crippen LogP contribution in [0.25, 0.3) is 54.2 Å². The molecule has 2 aliphatic rings. The highest BCUT2D eigenvalue weighted by atomic mass is 16.6. The van der Waals surface area contributed by atoms with Crippen molar-refractivity contribution in [2.75, 3.05) is 26.2 Å². The zero-order valence-corrected chi connectivity index (χ0v) is 32.3. The summed E-state index contributed by atoms with van der Waals surface area (Å²) in [6.07, 6.45) is 2.77. The summed E-state index contributed by atoms with van der Waals surface area (Å²) >= 11 is 0. The van der Waals surface area contributed by atoms with Crippen LogP contribution in [0, 0.1) is 0 Å². The molecule has 0 radical (unpaired) electrons. The Morgan fingerprint density at radius 2 is 0.983 bits per heavy atom. The van der Waals surface area contributed by atoms with E-state index in [1.807, 2.05) is 60.7 Å². The molecule has 0 saturated carbocycles. The van der Waals surface area contributed by atoms with Crippen LogP contribution in [0.1, 0.15) is 57.5 Å². The Kier molecular flexibility index (Phi) is 9.24. The number of ether oxygens (including phenoxy) is 2. The standard InChI is InChI=1S/C52H44N2O4/c55-49(41-20-19-37-29-35-9-4-5-10-36(35)30-42(37)31-41)57-52(23-27-54-28-24-52)44-16-6-11-38(32-44)45-17-7-12-39-34-48-40(33-47(39)45)13-8-18-46(48)50(56)58-51(21-25-53-26-22-51)43-14-2-1-3-15-43/h1-20,29-34,53-54H,21-28H2.